The molecule has 0 aliphatic carbocycles. The zero-order valence-electron chi connectivity index (χ0n) is 12.3. The van der Waals surface area contributed by atoms with Crippen LogP contribution in [0.15, 0.2) is 18.2 Å². The van der Waals surface area contributed by atoms with Crippen molar-refractivity contribution in [1.82, 2.24) is 10.2 Å². The van der Waals surface area contributed by atoms with Crippen LogP contribution < -0.4 is 5.32 Å². The molecule has 0 amide bonds. The molecule has 0 spiro atoms. The van der Waals surface area contributed by atoms with Crippen LogP contribution in [0.2, 0.25) is 0 Å². The van der Waals surface area contributed by atoms with Gasteiger partial charge in [-0.2, -0.15) is 13.2 Å². The topological polar surface area (TPSA) is 15.3 Å². The van der Waals surface area contributed by atoms with E-state index < -0.39 is 23.6 Å². The van der Waals surface area contributed by atoms with E-state index in [1.807, 2.05) is 18.7 Å². The molecule has 1 unspecified atom stereocenters. The van der Waals surface area contributed by atoms with E-state index in [9.17, 15) is 17.6 Å². The summed E-state index contributed by atoms with van der Waals surface area (Å²) in [5.74, 6) is -0.861. The molecule has 1 aromatic rings. The molecule has 3 atom stereocenters. The maximum atomic E-state index is 13.2. The van der Waals surface area contributed by atoms with Crippen molar-refractivity contribution in [3.63, 3.8) is 0 Å². The lowest BCUT2D eigenvalue weighted by atomic mass is 9.97. The maximum Gasteiger partial charge on any atom is 0.416 e. The second-order valence-electron chi connectivity index (χ2n) is 5.76. The van der Waals surface area contributed by atoms with Gasteiger partial charge in [-0.25, -0.2) is 4.39 Å². The molecule has 21 heavy (non-hydrogen) atoms. The summed E-state index contributed by atoms with van der Waals surface area (Å²) in [7, 11) is 0. The third-order valence-electron chi connectivity index (χ3n) is 4.08. The molecule has 1 saturated heterocycles. The lowest BCUT2D eigenvalue weighted by molar-refractivity contribution is -0.139. The first-order valence-electron chi connectivity index (χ1n) is 7.06. The molecule has 6 heteroatoms. The molecular formula is C15H20F4N2. The Morgan fingerprint density at radius 2 is 1.95 bits per heavy atom. The normalized spacial score (nSPS) is 25.9. The van der Waals surface area contributed by atoms with Crippen LogP contribution in [0.1, 0.15) is 37.9 Å². The van der Waals surface area contributed by atoms with Crippen molar-refractivity contribution in [2.45, 2.75) is 45.1 Å². The summed E-state index contributed by atoms with van der Waals surface area (Å²) in [6.07, 6.45) is -4.55. The first kappa shape index (κ1) is 16.2. The fraction of sp³-hybridized carbons (Fsp3) is 0.600. The van der Waals surface area contributed by atoms with E-state index in [4.69, 9.17) is 0 Å². The van der Waals surface area contributed by atoms with E-state index in [-0.39, 0.29) is 17.6 Å². The van der Waals surface area contributed by atoms with Gasteiger partial charge in [-0.3, -0.25) is 4.90 Å². The lowest BCUT2D eigenvalue weighted by Crippen LogP contribution is -2.54. The van der Waals surface area contributed by atoms with Crippen molar-refractivity contribution >= 4 is 0 Å². The number of hydrogen-bond donors (Lipinski definition) is 1. The van der Waals surface area contributed by atoms with Gasteiger partial charge in [0.05, 0.1) is 5.56 Å². The average Bonchev–Trinajstić information content (AvgIpc) is 2.40. The number of piperazine rings is 1. The van der Waals surface area contributed by atoms with E-state index in [2.05, 4.69) is 5.32 Å². The Hall–Kier alpha value is -1.14. The van der Waals surface area contributed by atoms with Crippen molar-refractivity contribution < 1.29 is 17.6 Å². The van der Waals surface area contributed by atoms with Crippen molar-refractivity contribution in [2.75, 3.05) is 13.1 Å². The summed E-state index contributed by atoms with van der Waals surface area (Å²) in [5.41, 5.74) is -0.752. The fourth-order valence-corrected chi connectivity index (χ4v) is 2.91. The summed E-state index contributed by atoms with van der Waals surface area (Å²) in [6, 6.07) is 2.87. The van der Waals surface area contributed by atoms with Gasteiger partial charge in [0.15, 0.2) is 0 Å². The molecule has 1 aromatic carbocycles. The van der Waals surface area contributed by atoms with Gasteiger partial charge in [0.25, 0.3) is 0 Å². The minimum absolute atomic E-state index is 0.127. The van der Waals surface area contributed by atoms with Gasteiger partial charge in [-0.05, 0) is 38.5 Å². The van der Waals surface area contributed by atoms with Gasteiger partial charge in [0, 0.05) is 31.2 Å². The molecule has 0 radical (unpaired) electrons. The highest BCUT2D eigenvalue weighted by molar-refractivity contribution is 5.33. The highest BCUT2D eigenvalue weighted by Crippen LogP contribution is 2.37. The molecule has 0 aromatic heterocycles. The van der Waals surface area contributed by atoms with Crippen molar-refractivity contribution in [3.8, 4) is 0 Å². The predicted molar refractivity (Wildman–Crippen MR) is 73.4 cm³/mol. The molecule has 0 bridgehead atoms. The Morgan fingerprint density at radius 1 is 1.29 bits per heavy atom. The molecular weight excluding hydrogens is 284 g/mol. The van der Waals surface area contributed by atoms with E-state index >= 15 is 0 Å². The quantitative estimate of drug-likeness (QED) is 0.840. The summed E-state index contributed by atoms with van der Waals surface area (Å²) in [5, 5.41) is 3.30. The van der Waals surface area contributed by atoms with Crippen LogP contribution in [0.4, 0.5) is 17.6 Å². The summed E-state index contributed by atoms with van der Waals surface area (Å²) in [6.45, 7) is 7.12. The van der Waals surface area contributed by atoms with E-state index in [0.29, 0.717) is 12.6 Å². The van der Waals surface area contributed by atoms with E-state index in [1.54, 1.807) is 6.92 Å². The van der Waals surface area contributed by atoms with Crippen LogP contribution in [0.25, 0.3) is 0 Å². The summed E-state index contributed by atoms with van der Waals surface area (Å²) < 4.78 is 52.6. The number of nitrogens with one attached hydrogen (secondary N) is 1. The first-order valence-corrected chi connectivity index (χ1v) is 7.06. The molecule has 1 aliphatic heterocycles. The molecule has 1 heterocycles. The first-order chi connectivity index (χ1) is 9.70. The van der Waals surface area contributed by atoms with E-state index in [0.717, 1.165) is 12.6 Å². The number of benzene rings is 1. The smallest absolute Gasteiger partial charge is 0.311 e. The van der Waals surface area contributed by atoms with Crippen molar-refractivity contribution in [1.29, 1.82) is 0 Å². The molecule has 2 rings (SSSR count). The van der Waals surface area contributed by atoms with Gasteiger partial charge in [0.1, 0.15) is 5.82 Å². The lowest BCUT2D eigenvalue weighted by Gasteiger charge is -2.42. The Labute approximate surface area is 122 Å². The van der Waals surface area contributed by atoms with Crippen LogP contribution in [0.3, 0.4) is 0 Å². The molecule has 1 fully saturated rings. The van der Waals surface area contributed by atoms with Gasteiger partial charge >= 0.3 is 6.18 Å². The third kappa shape index (κ3) is 3.55. The second-order valence-corrected chi connectivity index (χ2v) is 5.76. The maximum absolute atomic E-state index is 13.2. The molecule has 1 N–H and O–H groups in total. The minimum atomic E-state index is -4.55. The Bertz CT molecular complexity index is 501. The van der Waals surface area contributed by atoms with Gasteiger partial charge < -0.3 is 5.32 Å². The average molecular weight is 304 g/mol. The predicted octanol–water partition coefficient (Wildman–Crippen LogP) is 3.59. The fourth-order valence-electron chi connectivity index (χ4n) is 2.91. The third-order valence-corrected chi connectivity index (χ3v) is 4.08. The second kappa shape index (κ2) is 5.93. The SMILES string of the molecule is CC(c1ccc(F)cc1C(F)(F)F)N1C[C@H](C)NC[C@H]1C. The molecule has 0 saturated carbocycles. The molecule has 2 nitrogen and oxygen atoms in total. The number of halogens is 4. The summed E-state index contributed by atoms with van der Waals surface area (Å²) in [4.78, 5) is 2.03. The molecule has 118 valence electrons. The van der Waals surface area contributed by atoms with Crippen LogP contribution in [0, 0.1) is 5.82 Å². The summed E-state index contributed by atoms with van der Waals surface area (Å²) >= 11 is 0. The highest BCUT2D eigenvalue weighted by Gasteiger charge is 2.37. The minimum Gasteiger partial charge on any atom is -0.311 e. The van der Waals surface area contributed by atoms with Gasteiger partial charge in [-0.1, -0.05) is 6.07 Å². The van der Waals surface area contributed by atoms with Gasteiger partial charge in [-0.15, -0.1) is 0 Å². The van der Waals surface area contributed by atoms with Crippen LogP contribution in [-0.4, -0.2) is 30.1 Å². The van der Waals surface area contributed by atoms with Crippen LogP contribution >= 0.6 is 0 Å². The standard InChI is InChI=1S/C15H20F4N2/c1-9-8-21(10(2)7-20-9)11(3)13-5-4-12(16)6-14(13)15(17,18)19/h4-6,9-11,20H,7-8H2,1-3H3/t9-,10+,11?/m0/s1. The Balaban J connectivity index is 2.36. The largest absolute Gasteiger partial charge is 0.416 e. The Kier molecular flexibility index (Phi) is 4.58. The van der Waals surface area contributed by atoms with Crippen LogP contribution in [0.5, 0.6) is 0 Å². The zero-order valence-corrected chi connectivity index (χ0v) is 12.3. The number of alkyl halides is 3. The monoisotopic (exact) mass is 304 g/mol. The number of hydrogen-bond acceptors (Lipinski definition) is 2. The van der Waals surface area contributed by atoms with E-state index in [1.165, 1.54) is 6.07 Å². The van der Waals surface area contributed by atoms with Gasteiger partial charge in [0.2, 0.25) is 0 Å². The number of nitrogens with zero attached hydrogens (tertiary/aromatic N) is 1. The molecule has 1 aliphatic rings. The van der Waals surface area contributed by atoms with Crippen LogP contribution in [-0.2, 0) is 6.18 Å². The van der Waals surface area contributed by atoms with Crippen molar-refractivity contribution in [3.05, 3.63) is 35.1 Å². The Morgan fingerprint density at radius 3 is 2.57 bits per heavy atom. The number of rotatable bonds is 2. The zero-order chi connectivity index (χ0) is 15.8. The van der Waals surface area contributed by atoms with Crippen molar-refractivity contribution in [2.24, 2.45) is 0 Å². The highest BCUT2D eigenvalue weighted by atomic mass is 19.4.